The number of aliphatic hydroxyl groups excluding tert-OH is 2. The van der Waals surface area contributed by atoms with Crippen molar-refractivity contribution in [2.45, 2.75) is 59.8 Å². The van der Waals surface area contributed by atoms with Crippen LogP contribution in [0.2, 0.25) is 0 Å². The van der Waals surface area contributed by atoms with Gasteiger partial charge in [0.25, 0.3) is 0 Å². The van der Waals surface area contributed by atoms with Crippen molar-refractivity contribution in [2.24, 2.45) is 11.8 Å². The average Bonchev–Trinajstić information content (AvgIpc) is 2.43. The summed E-state index contributed by atoms with van der Waals surface area (Å²) in [7, 11) is 0. The minimum atomic E-state index is -0.671. The Morgan fingerprint density at radius 3 is 0.952 bits per heavy atom. The average molecular weight is 308 g/mol. The van der Waals surface area contributed by atoms with Gasteiger partial charge in [-0.2, -0.15) is 0 Å². The molecule has 0 bridgehead atoms. The highest BCUT2D eigenvalue weighted by molar-refractivity contribution is 5.70. The van der Waals surface area contributed by atoms with Gasteiger partial charge in [-0.1, -0.05) is 27.7 Å². The number of carboxylic acid groups (broad SMARTS) is 2. The van der Waals surface area contributed by atoms with E-state index in [1.807, 2.05) is 27.7 Å². The molecule has 0 saturated carbocycles. The largest absolute Gasteiger partial charge is 0.481 e. The minimum absolute atomic E-state index is 0.0938. The minimum Gasteiger partial charge on any atom is -0.481 e. The Bertz CT molecular complexity index is 210. The van der Waals surface area contributed by atoms with E-state index in [4.69, 9.17) is 20.4 Å². The van der Waals surface area contributed by atoms with Crippen LogP contribution < -0.4 is 0 Å². The lowest BCUT2D eigenvalue weighted by Gasteiger charge is -2.02. The van der Waals surface area contributed by atoms with E-state index >= 15 is 0 Å². The van der Waals surface area contributed by atoms with Gasteiger partial charge in [-0.05, 0) is 32.1 Å². The van der Waals surface area contributed by atoms with Gasteiger partial charge in [0.2, 0.25) is 0 Å². The molecule has 0 radical (unpaired) electrons. The van der Waals surface area contributed by atoms with Crippen LogP contribution in [0.1, 0.15) is 59.8 Å². The van der Waals surface area contributed by atoms with Gasteiger partial charge in [0.1, 0.15) is 0 Å². The molecule has 6 nitrogen and oxygen atoms in total. The van der Waals surface area contributed by atoms with Gasteiger partial charge in [0, 0.05) is 13.2 Å². The maximum absolute atomic E-state index is 10.2. The van der Waals surface area contributed by atoms with Crippen molar-refractivity contribution in [2.75, 3.05) is 13.2 Å². The van der Waals surface area contributed by atoms with Crippen LogP contribution in [0.15, 0.2) is 0 Å². The first-order chi connectivity index (χ1) is 9.85. The molecule has 0 spiro atoms. The fourth-order valence-electron chi connectivity index (χ4n) is 1.35. The third-order valence-corrected chi connectivity index (χ3v) is 2.99. The molecule has 0 atom stereocenters. The summed E-state index contributed by atoms with van der Waals surface area (Å²) in [5.41, 5.74) is 0. The molecule has 0 heterocycles. The molecular formula is C15H32O6. The monoisotopic (exact) mass is 308 g/mol. The molecule has 4 N–H and O–H groups in total. The molecule has 0 amide bonds. The highest BCUT2D eigenvalue weighted by Crippen LogP contribution is 2.06. The van der Waals surface area contributed by atoms with Crippen LogP contribution in [0, 0.1) is 11.8 Å². The van der Waals surface area contributed by atoms with E-state index in [0.717, 1.165) is 25.7 Å². The topological polar surface area (TPSA) is 115 Å². The standard InChI is InChI=1S/2C6H12O2.C3H8O2/c2*1-3-5(4-2)6(7)8;4-2-1-3-5/h2*5H,3-4H2,1-2H3,(H,7,8);4-5H,1-3H2. The molecule has 0 aliphatic rings. The number of hydrogen-bond donors (Lipinski definition) is 4. The highest BCUT2D eigenvalue weighted by atomic mass is 16.4. The second-order valence-corrected chi connectivity index (χ2v) is 4.50. The van der Waals surface area contributed by atoms with Crippen LogP contribution in [0.25, 0.3) is 0 Å². The molecule has 0 aromatic rings. The van der Waals surface area contributed by atoms with Gasteiger partial charge in [-0.25, -0.2) is 0 Å². The van der Waals surface area contributed by atoms with Gasteiger partial charge in [0.15, 0.2) is 0 Å². The number of aliphatic hydroxyl groups is 2. The van der Waals surface area contributed by atoms with Gasteiger partial charge in [0.05, 0.1) is 11.8 Å². The zero-order valence-corrected chi connectivity index (χ0v) is 13.7. The lowest BCUT2D eigenvalue weighted by molar-refractivity contribution is -0.142. The molecule has 0 rings (SSSR count). The highest BCUT2D eigenvalue weighted by Gasteiger charge is 2.10. The van der Waals surface area contributed by atoms with Gasteiger partial charge in [-0.3, -0.25) is 9.59 Å². The molecule has 128 valence electrons. The van der Waals surface area contributed by atoms with Crippen LogP contribution in [-0.4, -0.2) is 45.6 Å². The van der Waals surface area contributed by atoms with Crippen molar-refractivity contribution in [1.82, 2.24) is 0 Å². The Hall–Kier alpha value is -1.14. The van der Waals surface area contributed by atoms with E-state index in [-0.39, 0.29) is 25.0 Å². The first-order valence-corrected chi connectivity index (χ1v) is 7.53. The zero-order valence-electron chi connectivity index (χ0n) is 13.7. The SMILES string of the molecule is CCC(CC)C(=O)O.CCC(CC)C(=O)O.OCCCO. The number of carboxylic acids is 2. The number of aliphatic carboxylic acids is 2. The van der Waals surface area contributed by atoms with Crippen molar-refractivity contribution in [3.63, 3.8) is 0 Å². The Kier molecular flexibility index (Phi) is 22.3. The molecule has 0 saturated heterocycles. The predicted octanol–water partition coefficient (Wildman–Crippen LogP) is 2.38. The quantitative estimate of drug-likeness (QED) is 0.547. The van der Waals surface area contributed by atoms with Crippen LogP contribution in [0.4, 0.5) is 0 Å². The third kappa shape index (κ3) is 18.9. The third-order valence-electron chi connectivity index (χ3n) is 2.99. The van der Waals surface area contributed by atoms with Gasteiger partial charge in [-0.15, -0.1) is 0 Å². The van der Waals surface area contributed by atoms with Crippen LogP contribution in [0.3, 0.4) is 0 Å². The molecule has 0 fully saturated rings. The fraction of sp³-hybridized carbons (Fsp3) is 0.867. The predicted molar refractivity (Wildman–Crippen MR) is 82.2 cm³/mol. The summed E-state index contributed by atoms with van der Waals surface area (Å²) in [5.74, 6) is -1.60. The van der Waals surface area contributed by atoms with E-state index in [1.165, 1.54) is 0 Å². The summed E-state index contributed by atoms with van der Waals surface area (Å²) in [4.78, 5) is 20.3. The molecule has 0 unspecified atom stereocenters. The summed E-state index contributed by atoms with van der Waals surface area (Å²) in [6.07, 6.45) is 3.47. The van der Waals surface area contributed by atoms with Crippen LogP contribution >= 0.6 is 0 Å². The zero-order chi connectivity index (χ0) is 17.3. The first kappa shape index (κ1) is 24.9. The second-order valence-electron chi connectivity index (χ2n) is 4.50. The van der Waals surface area contributed by atoms with Crippen LogP contribution in [0.5, 0.6) is 0 Å². The first-order valence-electron chi connectivity index (χ1n) is 7.53. The number of rotatable bonds is 8. The van der Waals surface area contributed by atoms with E-state index in [2.05, 4.69) is 0 Å². The summed E-state index contributed by atoms with van der Waals surface area (Å²) >= 11 is 0. The maximum Gasteiger partial charge on any atom is 0.306 e. The molecule has 21 heavy (non-hydrogen) atoms. The summed E-state index contributed by atoms with van der Waals surface area (Å²) in [5, 5.41) is 32.6. The van der Waals surface area contributed by atoms with E-state index < -0.39 is 11.9 Å². The Morgan fingerprint density at radius 2 is 0.952 bits per heavy atom. The molecule has 0 aromatic heterocycles. The molecule has 0 aromatic carbocycles. The van der Waals surface area contributed by atoms with Crippen LogP contribution in [-0.2, 0) is 9.59 Å². The van der Waals surface area contributed by atoms with E-state index in [0.29, 0.717) is 6.42 Å². The van der Waals surface area contributed by atoms with Crippen molar-refractivity contribution in [1.29, 1.82) is 0 Å². The Labute approximate surface area is 127 Å². The number of hydrogen-bond acceptors (Lipinski definition) is 4. The molecular weight excluding hydrogens is 276 g/mol. The summed E-state index contributed by atoms with van der Waals surface area (Å²) in [6.45, 7) is 7.75. The van der Waals surface area contributed by atoms with Gasteiger partial charge < -0.3 is 20.4 Å². The summed E-state index contributed by atoms with van der Waals surface area (Å²) in [6, 6.07) is 0. The summed E-state index contributed by atoms with van der Waals surface area (Å²) < 4.78 is 0. The molecule has 0 aliphatic carbocycles. The van der Waals surface area contributed by atoms with E-state index in [1.54, 1.807) is 0 Å². The second kappa shape index (κ2) is 18.9. The number of carbonyl (C=O) groups is 2. The normalized spacial score (nSPS) is 9.52. The fourth-order valence-corrected chi connectivity index (χ4v) is 1.35. The van der Waals surface area contributed by atoms with Crippen molar-refractivity contribution >= 4 is 11.9 Å². The lowest BCUT2D eigenvalue weighted by Crippen LogP contribution is -2.10. The maximum atomic E-state index is 10.2. The Morgan fingerprint density at radius 1 is 0.714 bits per heavy atom. The van der Waals surface area contributed by atoms with E-state index in [9.17, 15) is 9.59 Å². The van der Waals surface area contributed by atoms with Crippen molar-refractivity contribution in [3.8, 4) is 0 Å². The van der Waals surface area contributed by atoms with Crippen molar-refractivity contribution < 1.29 is 30.0 Å². The molecule has 0 aliphatic heterocycles. The Balaban J connectivity index is -0.000000239. The molecule has 6 heteroatoms. The lowest BCUT2D eigenvalue weighted by atomic mass is 10.1. The smallest absolute Gasteiger partial charge is 0.306 e. The van der Waals surface area contributed by atoms with Gasteiger partial charge >= 0.3 is 11.9 Å². The van der Waals surface area contributed by atoms with Crippen molar-refractivity contribution in [3.05, 3.63) is 0 Å².